The monoisotopic (exact) mass is 180 g/mol. The van der Waals surface area contributed by atoms with Gasteiger partial charge in [0.05, 0.1) is 6.10 Å². The van der Waals surface area contributed by atoms with Crippen LogP contribution < -0.4 is 0 Å². The van der Waals surface area contributed by atoms with Gasteiger partial charge < -0.3 is 5.11 Å². The Morgan fingerprint density at radius 2 is 2.33 bits per heavy atom. The zero-order valence-corrected chi connectivity index (χ0v) is 8.11. The third kappa shape index (κ3) is 1.88. The van der Waals surface area contributed by atoms with E-state index in [1.54, 1.807) is 11.3 Å². The number of hydrogen-bond donors (Lipinski definition) is 1. The first-order valence-corrected chi connectivity index (χ1v) is 4.65. The maximum Gasteiger partial charge on any atom is 0.0990 e. The van der Waals surface area contributed by atoms with Crippen LogP contribution in [0, 0.1) is 26.2 Å². The molecule has 64 valence electrons. The fraction of sp³-hybridized carbons (Fsp3) is 0.400. The number of aryl methyl sites for hydroxylation is 2. The van der Waals surface area contributed by atoms with Crippen molar-refractivity contribution in [2.75, 3.05) is 0 Å². The van der Waals surface area contributed by atoms with Gasteiger partial charge in [0.15, 0.2) is 0 Å². The van der Waals surface area contributed by atoms with Gasteiger partial charge in [0, 0.05) is 16.2 Å². The van der Waals surface area contributed by atoms with E-state index in [9.17, 15) is 5.11 Å². The van der Waals surface area contributed by atoms with Gasteiger partial charge in [-0.25, -0.2) is 0 Å². The highest BCUT2D eigenvalue weighted by atomic mass is 32.1. The standard InChI is InChI=1S/C10H12OS/c1-4-5-9(11)10-6-7(2)8(3)12-10/h1,6,9,11H,5H2,2-3H3. The van der Waals surface area contributed by atoms with E-state index in [1.807, 2.05) is 19.9 Å². The lowest BCUT2D eigenvalue weighted by Gasteiger charge is -2.01. The molecular formula is C10H12OS. The molecule has 0 spiro atoms. The smallest absolute Gasteiger partial charge is 0.0990 e. The van der Waals surface area contributed by atoms with Crippen LogP contribution in [0.4, 0.5) is 0 Å². The van der Waals surface area contributed by atoms with E-state index in [0.717, 1.165) is 4.88 Å². The molecule has 0 aliphatic heterocycles. The van der Waals surface area contributed by atoms with Gasteiger partial charge >= 0.3 is 0 Å². The molecule has 2 heteroatoms. The molecule has 1 aromatic heterocycles. The molecule has 12 heavy (non-hydrogen) atoms. The highest BCUT2D eigenvalue weighted by Gasteiger charge is 2.09. The second kappa shape index (κ2) is 3.75. The highest BCUT2D eigenvalue weighted by Crippen LogP contribution is 2.27. The number of aliphatic hydroxyl groups is 1. The lowest BCUT2D eigenvalue weighted by molar-refractivity contribution is 0.188. The van der Waals surface area contributed by atoms with E-state index in [2.05, 4.69) is 5.92 Å². The van der Waals surface area contributed by atoms with Crippen molar-refractivity contribution < 1.29 is 5.11 Å². The Morgan fingerprint density at radius 1 is 1.67 bits per heavy atom. The summed E-state index contributed by atoms with van der Waals surface area (Å²) in [4.78, 5) is 2.23. The molecule has 1 atom stereocenters. The molecule has 1 N–H and O–H groups in total. The lowest BCUT2D eigenvalue weighted by Crippen LogP contribution is -1.91. The minimum Gasteiger partial charge on any atom is -0.387 e. The van der Waals surface area contributed by atoms with Crippen molar-refractivity contribution in [3.63, 3.8) is 0 Å². The Morgan fingerprint density at radius 3 is 2.75 bits per heavy atom. The number of rotatable bonds is 2. The Balaban J connectivity index is 2.83. The Hall–Kier alpha value is -0.780. The quantitative estimate of drug-likeness (QED) is 0.693. The number of thiophene rings is 1. The minimum absolute atomic E-state index is 0.402. The number of terminal acetylenes is 1. The predicted molar refractivity (Wildman–Crippen MR) is 52.2 cm³/mol. The van der Waals surface area contributed by atoms with Gasteiger partial charge in [0.2, 0.25) is 0 Å². The van der Waals surface area contributed by atoms with Crippen molar-refractivity contribution in [3.8, 4) is 12.3 Å². The van der Waals surface area contributed by atoms with E-state index in [0.29, 0.717) is 6.42 Å². The maximum absolute atomic E-state index is 9.53. The van der Waals surface area contributed by atoms with E-state index in [4.69, 9.17) is 6.42 Å². The SMILES string of the molecule is C#CCC(O)c1cc(C)c(C)s1. The number of hydrogen-bond acceptors (Lipinski definition) is 2. The van der Waals surface area contributed by atoms with Gasteiger partial charge in [-0.2, -0.15) is 0 Å². The Kier molecular flexibility index (Phi) is 2.91. The average molecular weight is 180 g/mol. The topological polar surface area (TPSA) is 20.2 Å². The molecular weight excluding hydrogens is 168 g/mol. The van der Waals surface area contributed by atoms with Crippen molar-refractivity contribution in [2.24, 2.45) is 0 Å². The van der Waals surface area contributed by atoms with Gasteiger partial charge in [-0.3, -0.25) is 0 Å². The molecule has 0 aliphatic carbocycles. The summed E-state index contributed by atoms with van der Waals surface area (Å²) in [5.74, 6) is 2.45. The first-order chi connectivity index (χ1) is 5.65. The molecule has 1 aromatic rings. The van der Waals surface area contributed by atoms with E-state index in [-0.39, 0.29) is 0 Å². The molecule has 0 saturated carbocycles. The largest absolute Gasteiger partial charge is 0.387 e. The summed E-state index contributed by atoms with van der Waals surface area (Å²) >= 11 is 1.62. The fourth-order valence-corrected chi connectivity index (χ4v) is 2.01. The van der Waals surface area contributed by atoms with Crippen molar-refractivity contribution in [2.45, 2.75) is 26.4 Å². The third-order valence-electron chi connectivity index (χ3n) is 1.82. The summed E-state index contributed by atoms with van der Waals surface area (Å²) < 4.78 is 0. The number of aliphatic hydroxyl groups excluding tert-OH is 1. The van der Waals surface area contributed by atoms with Crippen LogP contribution in [0.25, 0.3) is 0 Å². The molecule has 0 aromatic carbocycles. The summed E-state index contributed by atoms with van der Waals surface area (Å²) in [6.45, 7) is 4.09. The molecule has 0 aliphatic rings. The molecule has 0 amide bonds. The first kappa shape index (κ1) is 9.31. The van der Waals surface area contributed by atoms with Crippen molar-refractivity contribution in [1.29, 1.82) is 0 Å². The summed E-state index contributed by atoms with van der Waals surface area (Å²) in [7, 11) is 0. The Labute approximate surface area is 77.1 Å². The van der Waals surface area contributed by atoms with Crippen LogP contribution in [0.1, 0.15) is 27.8 Å². The molecule has 1 unspecified atom stereocenters. The molecule has 0 fully saturated rings. The molecule has 0 saturated heterocycles. The maximum atomic E-state index is 9.53. The van der Waals surface area contributed by atoms with Gasteiger partial charge in [-0.1, -0.05) is 0 Å². The van der Waals surface area contributed by atoms with E-state index in [1.165, 1.54) is 10.4 Å². The second-order valence-electron chi connectivity index (χ2n) is 2.81. The predicted octanol–water partition coefficient (Wildman–Crippen LogP) is 2.42. The van der Waals surface area contributed by atoms with Crippen LogP contribution in [0.2, 0.25) is 0 Å². The van der Waals surface area contributed by atoms with Crippen LogP contribution in [-0.2, 0) is 0 Å². The molecule has 1 rings (SSSR count). The van der Waals surface area contributed by atoms with E-state index >= 15 is 0 Å². The zero-order chi connectivity index (χ0) is 9.14. The summed E-state index contributed by atoms with van der Waals surface area (Å²) in [5.41, 5.74) is 1.23. The normalized spacial score (nSPS) is 12.5. The highest BCUT2D eigenvalue weighted by molar-refractivity contribution is 7.12. The van der Waals surface area contributed by atoms with Crippen LogP contribution in [0.5, 0.6) is 0 Å². The summed E-state index contributed by atoms with van der Waals surface area (Å²) in [5, 5.41) is 9.53. The lowest BCUT2D eigenvalue weighted by atomic mass is 10.2. The average Bonchev–Trinajstić information content (AvgIpc) is 2.33. The molecule has 1 heterocycles. The van der Waals surface area contributed by atoms with Crippen molar-refractivity contribution >= 4 is 11.3 Å². The van der Waals surface area contributed by atoms with Crippen LogP contribution in [0.15, 0.2) is 6.07 Å². The minimum atomic E-state index is -0.479. The fourth-order valence-electron chi connectivity index (χ4n) is 0.978. The molecule has 0 radical (unpaired) electrons. The van der Waals surface area contributed by atoms with Crippen molar-refractivity contribution in [3.05, 3.63) is 21.4 Å². The zero-order valence-electron chi connectivity index (χ0n) is 7.29. The van der Waals surface area contributed by atoms with Crippen molar-refractivity contribution in [1.82, 2.24) is 0 Å². The van der Waals surface area contributed by atoms with Gasteiger partial charge in [0.25, 0.3) is 0 Å². The van der Waals surface area contributed by atoms with Gasteiger partial charge in [0.1, 0.15) is 0 Å². The third-order valence-corrected chi connectivity index (χ3v) is 3.08. The van der Waals surface area contributed by atoms with Crippen LogP contribution in [-0.4, -0.2) is 5.11 Å². The van der Waals surface area contributed by atoms with Crippen LogP contribution in [0.3, 0.4) is 0 Å². The summed E-state index contributed by atoms with van der Waals surface area (Å²) in [6, 6.07) is 2.00. The molecule has 1 nitrogen and oxygen atoms in total. The molecule has 0 bridgehead atoms. The van der Waals surface area contributed by atoms with Crippen LogP contribution >= 0.6 is 11.3 Å². The second-order valence-corrected chi connectivity index (χ2v) is 4.10. The first-order valence-electron chi connectivity index (χ1n) is 3.83. The van der Waals surface area contributed by atoms with E-state index < -0.39 is 6.10 Å². The summed E-state index contributed by atoms with van der Waals surface area (Å²) in [6.07, 6.45) is 5.03. The van der Waals surface area contributed by atoms with Gasteiger partial charge in [-0.05, 0) is 25.5 Å². The van der Waals surface area contributed by atoms with Gasteiger partial charge in [-0.15, -0.1) is 23.7 Å². The Bertz CT molecular complexity index is 287.